The summed E-state index contributed by atoms with van der Waals surface area (Å²) < 4.78 is 11.6. The van der Waals surface area contributed by atoms with Crippen molar-refractivity contribution in [2.75, 3.05) is 20.2 Å². The predicted molar refractivity (Wildman–Crippen MR) is 80.9 cm³/mol. The number of carbonyl (C=O) groups excluding carboxylic acids is 1. The first-order valence-electron chi connectivity index (χ1n) is 7.84. The maximum Gasteiger partial charge on any atom is 0.209 e. The molecule has 2 aliphatic rings. The zero-order chi connectivity index (χ0) is 14.7. The molecule has 1 heterocycles. The lowest BCUT2D eigenvalue weighted by Gasteiger charge is -2.18. The number of likely N-dealkylation sites (tertiary alicyclic amines) is 1. The highest BCUT2D eigenvalue weighted by atomic mass is 16.5. The Morgan fingerprint density at radius 3 is 2.67 bits per heavy atom. The van der Waals surface area contributed by atoms with Gasteiger partial charge in [-0.1, -0.05) is 6.07 Å². The smallest absolute Gasteiger partial charge is 0.209 e. The van der Waals surface area contributed by atoms with E-state index in [0.29, 0.717) is 12.0 Å². The van der Waals surface area contributed by atoms with Gasteiger partial charge in [-0.05, 0) is 49.8 Å². The molecular weight excluding hydrogens is 266 g/mol. The SMILES string of the molecule is COc1ccc(C2CCN(C=O)C2)cc1OC1CCCC1. The number of hydrogen-bond acceptors (Lipinski definition) is 3. The Bertz CT molecular complexity index is 497. The summed E-state index contributed by atoms with van der Waals surface area (Å²) in [6, 6.07) is 6.19. The first-order chi connectivity index (χ1) is 10.3. The summed E-state index contributed by atoms with van der Waals surface area (Å²) in [4.78, 5) is 12.7. The summed E-state index contributed by atoms with van der Waals surface area (Å²) in [5.74, 6) is 2.06. The van der Waals surface area contributed by atoms with E-state index in [1.54, 1.807) is 7.11 Å². The molecule has 4 heteroatoms. The quantitative estimate of drug-likeness (QED) is 0.782. The van der Waals surface area contributed by atoms with Crippen molar-refractivity contribution in [1.82, 2.24) is 4.90 Å². The Balaban J connectivity index is 1.77. The van der Waals surface area contributed by atoms with Gasteiger partial charge < -0.3 is 14.4 Å². The summed E-state index contributed by atoms with van der Waals surface area (Å²) in [6.07, 6.45) is 7.07. The average molecular weight is 289 g/mol. The lowest BCUT2D eigenvalue weighted by Crippen LogP contribution is -2.17. The molecule has 2 fully saturated rings. The Morgan fingerprint density at radius 1 is 1.19 bits per heavy atom. The van der Waals surface area contributed by atoms with Gasteiger partial charge in [0.1, 0.15) is 0 Å². The lowest BCUT2D eigenvalue weighted by atomic mass is 9.98. The lowest BCUT2D eigenvalue weighted by molar-refractivity contribution is -0.117. The van der Waals surface area contributed by atoms with E-state index in [2.05, 4.69) is 12.1 Å². The maximum atomic E-state index is 10.9. The van der Waals surface area contributed by atoms with Gasteiger partial charge in [0.05, 0.1) is 13.2 Å². The Kier molecular flexibility index (Phi) is 4.32. The van der Waals surface area contributed by atoms with Crippen LogP contribution in [0.5, 0.6) is 11.5 Å². The van der Waals surface area contributed by atoms with Crippen LogP contribution in [0.2, 0.25) is 0 Å². The second kappa shape index (κ2) is 6.37. The minimum atomic E-state index is 0.323. The molecule has 1 unspecified atom stereocenters. The second-order valence-electron chi connectivity index (χ2n) is 6.02. The van der Waals surface area contributed by atoms with Gasteiger partial charge in [0, 0.05) is 19.0 Å². The van der Waals surface area contributed by atoms with E-state index in [4.69, 9.17) is 9.47 Å². The average Bonchev–Trinajstić information content (AvgIpc) is 3.18. The molecule has 0 aromatic heterocycles. The molecule has 0 bridgehead atoms. The number of nitrogens with zero attached hydrogens (tertiary/aromatic N) is 1. The highest BCUT2D eigenvalue weighted by molar-refractivity contribution is 5.49. The van der Waals surface area contributed by atoms with Gasteiger partial charge in [0.2, 0.25) is 6.41 Å². The van der Waals surface area contributed by atoms with Crippen LogP contribution in [0.1, 0.15) is 43.6 Å². The van der Waals surface area contributed by atoms with Crippen LogP contribution in [-0.2, 0) is 4.79 Å². The minimum Gasteiger partial charge on any atom is -0.493 e. The zero-order valence-corrected chi connectivity index (χ0v) is 12.6. The normalized spacial score (nSPS) is 22.5. The van der Waals surface area contributed by atoms with Crippen LogP contribution in [0, 0.1) is 0 Å². The predicted octanol–water partition coefficient (Wildman–Crippen LogP) is 2.96. The molecule has 1 aliphatic carbocycles. The van der Waals surface area contributed by atoms with Crippen molar-refractivity contribution in [3.05, 3.63) is 23.8 Å². The van der Waals surface area contributed by atoms with Crippen LogP contribution in [0.25, 0.3) is 0 Å². The van der Waals surface area contributed by atoms with Crippen molar-refractivity contribution >= 4 is 6.41 Å². The topological polar surface area (TPSA) is 38.8 Å². The van der Waals surface area contributed by atoms with Crippen LogP contribution in [0.4, 0.5) is 0 Å². The van der Waals surface area contributed by atoms with Gasteiger partial charge >= 0.3 is 0 Å². The third kappa shape index (κ3) is 3.14. The monoisotopic (exact) mass is 289 g/mol. The van der Waals surface area contributed by atoms with Gasteiger partial charge in [-0.25, -0.2) is 0 Å². The fraction of sp³-hybridized carbons (Fsp3) is 0.588. The number of rotatable bonds is 5. The fourth-order valence-electron chi connectivity index (χ4n) is 3.38. The number of amides is 1. The maximum absolute atomic E-state index is 10.9. The largest absolute Gasteiger partial charge is 0.493 e. The third-order valence-corrected chi connectivity index (χ3v) is 4.62. The van der Waals surface area contributed by atoms with Crippen molar-refractivity contribution in [2.45, 2.75) is 44.1 Å². The fourth-order valence-corrected chi connectivity index (χ4v) is 3.38. The molecule has 4 nitrogen and oxygen atoms in total. The van der Waals surface area contributed by atoms with Crippen LogP contribution >= 0.6 is 0 Å². The van der Waals surface area contributed by atoms with Gasteiger partial charge in [0.15, 0.2) is 11.5 Å². The van der Waals surface area contributed by atoms with Crippen LogP contribution in [0.3, 0.4) is 0 Å². The molecule has 1 saturated carbocycles. The second-order valence-corrected chi connectivity index (χ2v) is 6.02. The van der Waals surface area contributed by atoms with Crippen molar-refractivity contribution in [3.8, 4) is 11.5 Å². The number of ether oxygens (including phenoxy) is 2. The highest BCUT2D eigenvalue weighted by Gasteiger charge is 2.24. The van der Waals surface area contributed by atoms with E-state index >= 15 is 0 Å². The van der Waals surface area contributed by atoms with Crippen molar-refractivity contribution in [3.63, 3.8) is 0 Å². The summed E-state index contributed by atoms with van der Waals surface area (Å²) in [6.45, 7) is 1.65. The Morgan fingerprint density at radius 2 is 2.00 bits per heavy atom. The molecule has 0 spiro atoms. The summed E-state index contributed by atoms with van der Waals surface area (Å²) in [5.41, 5.74) is 1.24. The van der Waals surface area contributed by atoms with Crippen molar-refractivity contribution in [2.24, 2.45) is 0 Å². The van der Waals surface area contributed by atoms with E-state index in [1.165, 1.54) is 18.4 Å². The molecule has 114 valence electrons. The van der Waals surface area contributed by atoms with Crippen LogP contribution in [0.15, 0.2) is 18.2 Å². The molecule has 1 aromatic rings. The molecule has 1 aromatic carbocycles. The molecule has 0 N–H and O–H groups in total. The molecule has 1 saturated heterocycles. The standard InChI is InChI=1S/C17H23NO3/c1-20-16-7-6-13(14-8-9-18(11-14)12-19)10-17(16)21-15-4-2-3-5-15/h6-7,10,12,14-15H,2-5,8-9,11H2,1H3. The van der Waals surface area contributed by atoms with E-state index in [0.717, 1.165) is 50.3 Å². The van der Waals surface area contributed by atoms with Gasteiger partial charge in [-0.2, -0.15) is 0 Å². The van der Waals surface area contributed by atoms with Crippen LogP contribution < -0.4 is 9.47 Å². The van der Waals surface area contributed by atoms with E-state index in [-0.39, 0.29) is 0 Å². The third-order valence-electron chi connectivity index (χ3n) is 4.62. The molecule has 0 radical (unpaired) electrons. The van der Waals surface area contributed by atoms with E-state index < -0.39 is 0 Å². The number of benzene rings is 1. The summed E-state index contributed by atoms with van der Waals surface area (Å²) in [5, 5.41) is 0. The summed E-state index contributed by atoms with van der Waals surface area (Å²) >= 11 is 0. The molecule has 1 atom stereocenters. The van der Waals surface area contributed by atoms with Crippen LogP contribution in [-0.4, -0.2) is 37.6 Å². The molecule has 1 amide bonds. The van der Waals surface area contributed by atoms with Crippen molar-refractivity contribution in [1.29, 1.82) is 0 Å². The number of carbonyl (C=O) groups is 1. The van der Waals surface area contributed by atoms with E-state index in [9.17, 15) is 4.79 Å². The number of hydrogen-bond donors (Lipinski definition) is 0. The first kappa shape index (κ1) is 14.2. The van der Waals surface area contributed by atoms with Crippen molar-refractivity contribution < 1.29 is 14.3 Å². The Hall–Kier alpha value is -1.71. The van der Waals surface area contributed by atoms with E-state index in [1.807, 2.05) is 11.0 Å². The molecule has 1 aliphatic heterocycles. The van der Waals surface area contributed by atoms with Gasteiger partial charge in [-0.15, -0.1) is 0 Å². The highest BCUT2D eigenvalue weighted by Crippen LogP contribution is 2.36. The molecule has 3 rings (SSSR count). The van der Waals surface area contributed by atoms with Gasteiger partial charge in [0.25, 0.3) is 0 Å². The Labute approximate surface area is 126 Å². The van der Waals surface area contributed by atoms with Gasteiger partial charge in [-0.3, -0.25) is 4.79 Å². The molecular formula is C17H23NO3. The molecule has 21 heavy (non-hydrogen) atoms. The number of methoxy groups -OCH3 is 1. The minimum absolute atomic E-state index is 0.323. The first-order valence-corrected chi connectivity index (χ1v) is 7.84. The zero-order valence-electron chi connectivity index (χ0n) is 12.6. The summed E-state index contributed by atoms with van der Waals surface area (Å²) in [7, 11) is 1.68.